The highest BCUT2D eigenvalue weighted by Crippen LogP contribution is 2.24. The molecule has 0 saturated heterocycles. The first-order chi connectivity index (χ1) is 10.0. The fraction of sp³-hybridized carbons (Fsp3) is 0.133. The van der Waals surface area contributed by atoms with Gasteiger partial charge in [-0.1, -0.05) is 29.8 Å². The fourth-order valence-electron chi connectivity index (χ4n) is 1.76. The number of nitrogens with two attached hydrogens (primary N) is 1. The van der Waals surface area contributed by atoms with Crippen molar-refractivity contribution in [1.29, 1.82) is 0 Å². The minimum absolute atomic E-state index is 0.0887. The largest absolute Gasteiger partial charge is 0.494 e. The van der Waals surface area contributed by atoms with Gasteiger partial charge >= 0.3 is 5.97 Å². The number of para-hydroxylation sites is 1. The van der Waals surface area contributed by atoms with E-state index in [1.807, 2.05) is 0 Å². The van der Waals surface area contributed by atoms with E-state index in [0.29, 0.717) is 0 Å². The monoisotopic (exact) mass is 309 g/mol. The van der Waals surface area contributed by atoms with E-state index in [4.69, 9.17) is 26.8 Å². The molecule has 0 atom stereocenters. The maximum Gasteiger partial charge on any atom is 0.340 e. The summed E-state index contributed by atoms with van der Waals surface area (Å²) in [5.41, 5.74) is 6.19. The number of benzene rings is 2. The quantitative estimate of drug-likeness (QED) is 0.694. The van der Waals surface area contributed by atoms with Gasteiger partial charge in [-0.2, -0.15) is 0 Å². The van der Waals surface area contributed by atoms with Gasteiger partial charge in [0.05, 0.1) is 23.4 Å². The maximum absolute atomic E-state index is 13.9. The third kappa shape index (κ3) is 3.25. The molecule has 0 aliphatic carbocycles. The summed E-state index contributed by atoms with van der Waals surface area (Å²) < 4.78 is 23.8. The highest BCUT2D eigenvalue weighted by molar-refractivity contribution is 6.33. The van der Waals surface area contributed by atoms with Gasteiger partial charge in [0, 0.05) is 5.56 Å². The standard InChI is InChI=1S/C15H13ClFNO3/c1-20-12-7-2-4-9(13(12)17)8-21-15(19)10-5-3-6-11(16)14(10)18/h2-7H,8,18H2,1H3. The second-order valence-electron chi connectivity index (χ2n) is 4.21. The summed E-state index contributed by atoms with van der Waals surface area (Å²) in [5, 5.41) is 0.261. The van der Waals surface area contributed by atoms with Crippen LogP contribution in [-0.4, -0.2) is 13.1 Å². The molecule has 6 heteroatoms. The highest BCUT2D eigenvalue weighted by atomic mass is 35.5. The van der Waals surface area contributed by atoms with Gasteiger partial charge in [0.1, 0.15) is 6.61 Å². The van der Waals surface area contributed by atoms with Gasteiger partial charge in [-0.05, 0) is 18.2 Å². The molecule has 0 bridgehead atoms. The third-order valence-electron chi connectivity index (χ3n) is 2.89. The maximum atomic E-state index is 13.9. The van der Waals surface area contributed by atoms with Crippen LogP contribution in [0.4, 0.5) is 10.1 Å². The lowest BCUT2D eigenvalue weighted by molar-refractivity contribution is 0.0469. The molecule has 0 unspecified atom stereocenters. The van der Waals surface area contributed by atoms with Gasteiger partial charge < -0.3 is 15.2 Å². The number of esters is 1. The highest BCUT2D eigenvalue weighted by Gasteiger charge is 2.15. The molecule has 110 valence electrons. The average Bonchev–Trinajstić information content (AvgIpc) is 2.48. The number of methoxy groups -OCH3 is 1. The topological polar surface area (TPSA) is 61.5 Å². The second-order valence-corrected chi connectivity index (χ2v) is 4.62. The average molecular weight is 310 g/mol. The van der Waals surface area contributed by atoms with Crippen LogP contribution in [0.2, 0.25) is 5.02 Å². The zero-order chi connectivity index (χ0) is 15.4. The molecule has 0 aliphatic heterocycles. The minimum Gasteiger partial charge on any atom is -0.494 e. The van der Waals surface area contributed by atoms with Crippen molar-refractivity contribution in [3.63, 3.8) is 0 Å². The molecule has 2 N–H and O–H groups in total. The van der Waals surface area contributed by atoms with Gasteiger partial charge in [0.2, 0.25) is 0 Å². The summed E-state index contributed by atoms with van der Waals surface area (Å²) in [6, 6.07) is 9.24. The molecule has 2 aromatic rings. The number of anilines is 1. The van der Waals surface area contributed by atoms with E-state index in [2.05, 4.69) is 0 Å². The summed E-state index contributed by atoms with van der Waals surface area (Å²) in [5.74, 6) is -1.14. The Balaban J connectivity index is 2.13. The van der Waals surface area contributed by atoms with E-state index in [0.717, 1.165) is 0 Å². The Kier molecular flexibility index (Phi) is 4.65. The first-order valence-electron chi connectivity index (χ1n) is 6.07. The van der Waals surface area contributed by atoms with Gasteiger partial charge in [0.25, 0.3) is 0 Å². The number of halogens is 2. The molecule has 2 rings (SSSR count). The third-order valence-corrected chi connectivity index (χ3v) is 3.22. The van der Waals surface area contributed by atoms with Crippen molar-refractivity contribution >= 4 is 23.3 Å². The van der Waals surface area contributed by atoms with Gasteiger partial charge in [0.15, 0.2) is 11.6 Å². The molecule has 0 saturated carbocycles. The van der Waals surface area contributed by atoms with Gasteiger partial charge in [-0.3, -0.25) is 0 Å². The predicted molar refractivity (Wildman–Crippen MR) is 77.9 cm³/mol. The van der Waals surface area contributed by atoms with Crippen LogP contribution < -0.4 is 10.5 Å². The van der Waals surface area contributed by atoms with E-state index in [9.17, 15) is 9.18 Å². The molecule has 21 heavy (non-hydrogen) atoms. The lowest BCUT2D eigenvalue weighted by Gasteiger charge is -2.10. The van der Waals surface area contributed by atoms with E-state index in [-0.39, 0.29) is 34.2 Å². The van der Waals surface area contributed by atoms with Crippen molar-refractivity contribution in [1.82, 2.24) is 0 Å². The molecule has 0 aliphatic rings. The Bertz CT molecular complexity index is 676. The van der Waals surface area contributed by atoms with Crippen molar-refractivity contribution in [2.45, 2.75) is 6.61 Å². The van der Waals surface area contributed by atoms with E-state index in [1.54, 1.807) is 18.2 Å². The Morgan fingerprint density at radius 3 is 2.71 bits per heavy atom. The Morgan fingerprint density at radius 2 is 2.00 bits per heavy atom. The number of hydrogen-bond donors (Lipinski definition) is 1. The first-order valence-corrected chi connectivity index (χ1v) is 6.45. The van der Waals surface area contributed by atoms with Crippen molar-refractivity contribution in [3.05, 3.63) is 58.4 Å². The molecule has 0 fully saturated rings. The van der Waals surface area contributed by atoms with E-state index in [1.165, 1.54) is 25.3 Å². The lowest BCUT2D eigenvalue weighted by Crippen LogP contribution is -2.09. The summed E-state index contributed by atoms with van der Waals surface area (Å²) in [4.78, 5) is 11.9. The Labute approximate surface area is 126 Å². The lowest BCUT2D eigenvalue weighted by atomic mass is 10.2. The number of hydrogen-bond acceptors (Lipinski definition) is 4. The Hall–Kier alpha value is -2.27. The normalized spacial score (nSPS) is 10.2. The van der Waals surface area contributed by atoms with Crippen LogP contribution in [0.1, 0.15) is 15.9 Å². The van der Waals surface area contributed by atoms with Crippen molar-refractivity contribution in [2.24, 2.45) is 0 Å². The molecule has 0 heterocycles. The fourth-order valence-corrected chi connectivity index (χ4v) is 1.94. The van der Waals surface area contributed by atoms with Crippen LogP contribution in [0.25, 0.3) is 0 Å². The summed E-state index contributed by atoms with van der Waals surface area (Å²) in [7, 11) is 1.36. The van der Waals surface area contributed by atoms with Crippen LogP contribution in [0.5, 0.6) is 5.75 Å². The number of rotatable bonds is 4. The van der Waals surface area contributed by atoms with Crippen LogP contribution >= 0.6 is 11.6 Å². The number of carbonyl (C=O) groups excluding carboxylic acids is 1. The molecule has 2 aromatic carbocycles. The minimum atomic E-state index is -0.669. The zero-order valence-electron chi connectivity index (χ0n) is 11.2. The van der Waals surface area contributed by atoms with Crippen molar-refractivity contribution < 1.29 is 18.7 Å². The summed E-state index contributed by atoms with van der Waals surface area (Å²) in [6.45, 7) is -0.228. The Morgan fingerprint density at radius 1 is 1.29 bits per heavy atom. The van der Waals surface area contributed by atoms with Crippen LogP contribution in [-0.2, 0) is 11.3 Å². The zero-order valence-corrected chi connectivity index (χ0v) is 12.0. The van der Waals surface area contributed by atoms with Crippen LogP contribution in [0, 0.1) is 5.82 Å². The summed E-state index contributed by atoms with van der Waals surface area (Å²) in [6.07, 6.45) is 0. The molecular weight excluding hydrogens is 297 g/mol. The van der Waals surface area contributed by atoms with Gasteiger partial charge in [-0.25, -0.2) is 9.18 Å². The van der Waals surface area contributed by atoms with Crippen LogP contribution in [0.15, 0.2) is 36.4 Å². The van der Waals surface area contributed by atoms with Crippen molar-refractivity contribution in [2.75, 3.05) is 12.8 Å². The smallest absolute Gasteiger partial charge is 0.340 e. The summed E-state index contributed by atoms with van der Waals surface area (Å²) >= 11 is 5.83. The molecule has 0 aromatic heterocycles. The second kappa shape index (κ2) is 6.45. The number of carbonyl (C=O) groups is 1. The van der Waals surface area contributed by atoms with Crippen LogP contribution in [0.3, 0.4) is 0 Å². The van der Waals surface area contributed by atoms with Gasteiger partial charge in [-0.15, -0.1) is 0 Å². The molecular formula is C15H13ClFNO3. The van der Waals surface area contributed by atoms with E-state index >= 15 is 0 Å². The first kappa shape index (κ1) is 15.1. The predicted octanol–water partition coefficient (Wildman–Crippen LogP) is 3.43. The van der Waals surface area contributed by atoms with E-state index < -0.39 is 11.8 Å². The SMILES string of the molecule is COc1cccc(COC(=O)c2cccc(Cl)c2N)c1F. The van der Waals surface area contributed by atoms with Crippen molar-refractivity contribution in [3.8, 4) is 5.75 Å². The molecule has 0 amide bonds. The molecule has 4 nitrogen and oxygen atoms in total. The number of nitrogen functional groups attached to an aromatic ring is 1. The molecule has 0 spiro atoms. The molecule has 0 radical (unpaired) electrons. The number of ether oxygens (including phenoxy) is 2.